The highest BCUT2D eigenvalue weighted by Gasteiger charge is 2.37. The summed E-state index contributed by atoms with van der Waals surface area (Å²) in [5.41, 5.74) is 1.83. The van der Waals surface area contributed by atoms with Gasteiger partial charge in [0.25, 0.3) is 17.4 Å². The lowest BCUT2D eigenvalue weighted by molar-refractivity contribution is 0.0924. The van der Waals surface area contributed by atoms with Gasteiger partial charge in [-0.15, -0.1) is 0 Å². The van der Waals surface area contributed by atoms with Crippen molar-refractivity contribution in [2.24, 2.45) is 0 Å². The van der Waals surface area contributed by atoms with Crippen LogP contribution in [-0.4, -0.2) is 37.1 Å². The topological polar surface area (TPSA) is 135 Å². The molecule has 0 spiro atoms. The first-order valence-corrected chi connectivity index (χ1v) is 12.8. The number of fused-ring (bicyclic) bond motifs is 1. The van der Waals surface area contributed by atoms with Crippen molar-refractivity contribution in [3.05, 3.63) is 120 Å². The summed E-state index contributed by atoms with van der Waals surface area (Å²) < 4.78 is 1.21. The Labute approximate surface area is 229 Å². The summed E-state index contributed by atoms with van der Waals surface area (Å²) in [5.74, 6) is -1.82. The molecule has 3 aromatic heterocycles. The Morgan fingerprint density at radius 3 is 2.10 bits per heavy atom. The lowest BCUT2D eigenvalue weighted by Crippen LogP contribution is -2.38. The summed E-state index contributed by atoms with van der Waals surface area (Å²) >= 11 is 0. The Kier molecular flexibility index (Phi) is 6.62. The number of pyridine rings is 2. The molecule has 2 amide bonds. The molecule has 10 heteroatoms. The second-order valence-electron chi connectivity index (χ2n) is 10.2. The monoisotopic (exact) mass is 537 g/mol. The Hall–Kier alpha value is -4.99. The number of imide groups is 1. The highest BCUT2D eigenvalue weighted by molar-refractivity contribution is 6.34. The van der Waals surface area contributed by atoms with Crippen LogP contribution in [0.1, 0.15) is 84.7 Å². The standard InChI is InChI=1S/C30H27N5O5/c1-15(2)24-25(26(36)22-11-16(3)10-17(4)31-22)34(30(40)33-27(24)37)14-19-12-18(5)32-23(13-19)35-28(38)20-8-6-7-9-21(20)29(35)39/h6-13,15H,14H2,1-5H3,(H,33,37,40). The van der Waals surface area contributed by atoms with E-state index in [1.54, 1.807) is 64.1 Å². The normalized spacial score (nSPS) is 12.8. The van der Waals surface area contributed by atoms with E-state index in [2.05, 4.69) is 15.0 Å². The fourth-order valence-corrected chi connectivity index (χ4v) is 5.10. The second-order valence-corrected chi connectivity index (χ2v) is 10.2. The number of nitrogens with zero attached hydrogens (tertiary/aromatic N) is 4. The van der Waals surface area contributed by atoms with Gasteiger partial charge in [0.05, 0.1) is 17.7 Å². The summed E-state index contributed by atoms with van der Waals surface area (Å²) in [6.07, 6.45) is 0. The number of carbonyl (C=O) groups is 3. The highest BCUT2D eigenvalue weighted by atomic mass is 16.2. The van der Waals surface area contributed by atoms with Crippen LogP contribution in [0.15, 0.2) is 58.1 Å². The van der Waals surface area contributed by atoms with Crippen molar-refractivity contribution in [2.75, 3.05) is 4.90 Å². The van der Waals surface area contributed by atoms with Crippen LogP contribution in [0.5, 0.6) is 0 Å². The smallest absolute Gasteiger partial charge is 0.285 e. The molecule has 0 saturated carbocycles. The average molecular weight is 538 g/mol. The van der Waals surface area contributed by atoms with E-state index in [0.29, 0.717) is 17.0 Å². The number of anilines is 1. The van der Waals surface area contributed by atoms with Crippen LogP contribution in [0.3, 0.4) is 0 Å². The van der Waals surface area contributed by atoms with Crippen molar-refractivity contribution in [1.82, 2.24) is 19.5 Å². The first-order chi connectivity index (χ1) is 19.0. The van der Waals surface area contributed by atoms with Crippen LogP contribution >= 0.6 is 0 Å². The van der Waals surface area contributed by atoms with Gasteiger partial charge in [0, 0.05) is 17.0 Å². The Morgan fingerprint density at radius 2 is 1.50 bits per heavy atom. The van der Waals surface area contributed by atoms with E-state index in [1.165, 1.54) is 10.6 Å². The Morgan fingerprint density at radius 1 is 0.875 bits per heavy atom. The van der Waals surface area contributed by atoms with Gasteiger partial charge in [0.15, 0.2) is 0 Å². The van der Waals surface area contributed by atoms with E-state index < -0.39 is 28.8 Å². The van der Waals surface area contributed by atoms with E-state index in [4.69, 9.17) is 0 Å². The van der Waals surface area contributed by atoms with E-state index in [-0.39, 0.29) is 46.4 Å². The lowest BCUT2D eigenvalue weighted by atomic mass is 9.98. The number of hydrogen-bond donors (Lipinski definition) is 1. The predicted molar refractivity (Wildman–Crippen MR) is 148 cm³/mol. The molecular weight excluding hydrogens is 510 g/mol. The average Bonchev–Trinajstić information content (AvgIpc) is 3.13. The number of aromatic amines is 1. The summed E-state index contributed by atoms with van der Waals surface area (Å²) in [4.78, 5) is 78.2. The second kappa shape index (κ2) is 9.96. The maximum Gasteiger partial charge on any atom is 0.329 e. The Bertz CT molecular complexity index is 1800. The van der Waals surface area contributed by atoms with Gasteiger partial charge in [-0.2, -0.15) is 0 Å². The molecule has 0 saturated heterocycles. The van der Waals surface area contributed by atoms with Crippen molar-refractivity contribution in [2.45, 2.75) is 47.1 Å². The zero-order valence-corrected chi connectivity index (χ0v) is 22.7. The molecule has 0 atom stereocenters. The molecule has 0 unspecified atom stereocenters. The zero-order chi connectivity index (χ0) is 28.9. The van der Waals surface area contributed by atoms with Crippen LogP contribution in [0.2, 0.25) is 0 Å². The van der Waals surface area contributed by atoms with E-state index in [1.807, 2.05) is 13.0 Å². The highest BCUT2D eigenvalue weighted by Crippen LogP contribution is 2.28. The van der Waals surface area contributed by atoms with Crippen LogP contribution in [-0.2, 0) is 6.54 Å². The maximum absolute atomic E-state index is 13.9. The number of aromatic nitrogens is 4. The van der Waals surface area contributed by atoms with Gasteiger partial charge in [-0.1, -0.05) is 26.0 Å². The number of hydrogen-bond acceptors (Lipinski definition) is 7. The summed E-state index contributed by atoms with van der Waals surface area (Å²) in [7, 11) is 0. The molecule has 1 aliphatic rings. The summed E-state index contributed by atoms with van der Waals surface area (Å²) in [6.45, 7) is 8.70. The molecule has 40 heavy (non-hydrogen) atoms. The molecule has 1 N–H and O–H groups in total. The fraction of sp³-hybridized carbons (Fsp3) is 0.233. The van der Waals surface area contributed by atoms with Crippen LogP contribution in [0.25, 0.3) is 0 Å². The quantitative estimate of drug-likeness (QED) is 0.294. The van der Waals surface area contributed by atoms with Gasteiger partial charge >= 0.3 is 5.69 Å². The van der Waals surface area contributed by atoms with Gasteiger partial charge in [0.1, 0.15) is 17.2 Å². The number of carbonyl (C=O) groups excluding carboxylic acids is 3. The summed E-state index contributed by atoms with van der Waals surface area (Å²) in [5, 5.41) is 0. The molecule has 0 aliphatic carbocycles. The van der Waals surface area contributed by atoms with Gasteiger partial charge in [-0.05, 0) is 74.2 Å². The largest absolute Gasteiger partial charge is 0.329 e. The third-order valence-electron chi connectivity index (χ3n) is 6.72. The van der Waals surface area contributed by atoms with Gasteiger partial charge in [-0.3, -0.25) is 28.7 Å². The number of nitrogens with one attached hydrogen (secondary N) is 1. The lowest BCUT2D eigenvalue weighted by Gasteiger charge is -2.19. The third-order valence-corrected chi connectivity index (χ3v) is 6.72. The molecule has 1 aliphatic heterocycles. The van der Waals surface area contributed by atoms with Gasteiger partial charge in [-0.25, -0.2) is 19.7 Å². The van der Waals surface area contributed by atoms with Gasteiger partial charge < -0.3 is 0 Å². The molecule has 4 aromatic rings. The predicted octanol–water partition coefficient (Wildman–Crippen LogP) is 3.46. The minimum atomic E-state index is -0.765. The van der Waals surface area contributed by atoms with Crippen molar-refractivity contribution >= 4 is 23.4 Å². The molecule has 10 nitrogen and oxygen atoms in total. The number of H-pyrrole nitrogens is 1. The fourth-order valence-electron chi connectivity index (χ4n) is 5.10. The van der Waals surface area contributed by atoms with Crippen LogP contribution in [0.4, 0.5) is 5.82 Å². The minimum absolute atomic E-state index is 0.0574. The molecule has 0 bridgehead atoms. The van der Waals surface area contributed by atoms with E-state index in [0.717, 1.165) is 10.5 Å². The number of benzene rings is 1. The molecule has 0 fully saturated rings. The Balaban J connectivity index is 1.64. The van der Waals surface area contributed by atoms with E-state index >= 15 is 0 Å². The van der Waals surface area contributed by atoms with Crippen LogP contribution in [0, 0.1) is 20.8 Å². The summed E-state index contributed by atoms with van der Waals surface area (Å²) in [6, 6.07) is 13.2. The maximum atomic E-state index is 13.9. The molecule has 5 rings (SSSR count). The SMILES string of the molecule is Cc1cc(C)nc(C(=O)c2c(C(C)C)c(=O)[nH]c(=O)n2Cc2cc(C)nc(N3C(=O)c4ccccc4C3=O)c2)c1. The van der Waals surface area contributed by atoms with Gasteiger partial charge in [0.2, 0.25) is 5.78 Å². The molecule has 4 heterocycles. The van der Waals surface area contributed by atoms with Crippen molar-refractivity contribution in [3.63, 3.8) is 0 Å². The van der Waals surface area contributed by atoms with E-state index in [9.17, 15) is 24.0 Å². The zero-order valence-electron chi connectivity index (χ0n) is 22.7. The molecule has 1 aromatic carbocycles. The third kappa shape index (κ3) is 4.57. The van der Waals surface area contributed by atoms with Crippen molar-refractivity contribution in [3.8, 4) is 0 Å². The number of rotatable bonds is 6. The molecule has 202 valence electrons. The van der Waals surface area contributed by atoms with Crippen LogP contribution < -0.4 is 16.1 Å². The first kappa shape index (κ1) is 26.6. The van der Waals surface area contributed by atoms with Crippen molar-refractivity contribution < 1.29 is 14.4 Å². The minimum Gasteiger partial charge on any atom is -0.285 e. The number of amides is 2. The van der Waals surface area contributed by atoms with Crippen molar-refractivity contribution in [1.29, 1.82) is 0 Å². The number of ketones is 1. The molecular formula is C30H27N5O5. The molecule has 0 radical (unpaired) electrons. The number of aryl methyl sites for hydroxylation is 3. The first-order valence-electron chi connectivity index (χ1n) is 12.8.